The van der Waals surface area contributed by atoms with Crippen LogP contribution in [0.3, 0.4) is 0 Å². The lowest BCUT2D eigenvalue weighted by Gasteiger charge is -2.32. The van der Waals surface area contributed by atoms with E-state index in [9.17, 15) is 13.2 Å². The molecule has 0 spiro atoms. The molecule has 0 unspecified atom stereocenters. The Bertz CT molecular complexity index is 1660. The molecule has 2 N–H and O–H groups in total. The molecule has 1 aliphatic carbocycles. The normalized spacial score (nSPS) is 17.8. The molecule has 5 heterocycles. The highest BCUT2D eigenvalue weighted by Gasteiger charge is 2.36. The van der Waals surface area contributed by atoms with E-state index in [1.807, 2.05) is 6.07 Å². The van der Waals surface area contributed by atoms with Crippen molar-refractivity contribution in [3.63, 3.8) is 0 Å². The number of anilines is 1. The zero-order chi connectivity index (χ0) is 28.6. The minimum Gasteiger partial charge on any atom is -0.341 e. The molecule has 1 amide bonds. The second-order valence-electron chi connectivity index (χ2n) is 10.9. The SMILES string of the molecule is C[C@H](CN1CCCCC1)[C@@H](NC(=O)c1ncc(-c2cnn3ccc(Cl)cc23)s1)c1cc(NS(=O)(=O)C2CC2)ccn1. The van der Waals surface area contributed by atoms with Crippen molar-refractivity contribution in [2.75, 3.05) is 24.4 Å². The van der Waals surface area contributed by atoms with Gasteiger partial charge in [-0.25, -0.2) is 17.9 Å². The number of nitrogens with one attached hydrogen (secondary N) is 2. The Kier molecular flexibility index (Phi) is 7.99. The van der Waals surface area contributed by atoms with Gasteiger partial charge in [-0.15, -0.1) is 11.3 Å². The van der Waals surface area contributed by atoms with Gasteiger partial charge in [-0.05, 0) is 69.0 Å². The molecule has 13 heteroatoms. The number of sulfonamides is 1. The van der Waals surface area contributed by atoms with Gasteiger partial charge in [0.2, 0.25) is 10.0 Å². The Morgan fingerprint density at radius 2 is 1.95 bits per heavy atom. The van der Waals surface area contributed by atoms with Crippen molar-refractivity contribution in [2.45, 2.75) is 50.3 Å². The van der Waals surface area contributed by atoms with Crippen LogP contribution in [0.1, 0.15) is 60.6 Å². The largest absolute Gasteiger partial charge is 0.341 e. The first-order valence-electron chi connectivity index (χ1n) is 13.9. The Balaban J connectivity index is 1.25. The van der Waals surface area contributed by atoms with E-state index in [0.29, 0.717) is 34.3 Å². The average molecular weight is 614 g/mol. The van der Waals surface area contributed by atoms with Crippen molar-refractivity contribution in [3.8, 4) is 10.4 Å². The van der Waals surface area contributed by atoms with Crippen molar-refractivity contribution in [1.82, 2.24) is 29.8 Å². The summed E-state index contributed by atoms with van der Waals surface area (Å²) >= 11 is 7.49. The first-order chi connectivity index (χ1) is 19.8. The van der Waals surface area contributed by atoms with Crippen molar-refractivity contribution in [3.05, 3.63) is 64.8 Å². The number of hydrogen-bond donors (Lipinski definition) is 2. The number of likely N-dealkylation sites (tertiary alicyclic amines) is 1. The van der Waals surface area contributed by atoms with Crippen LogP contribution in [0.15, 0.2) is 49.1 Å². The van der Waals surface area contributed by atoms with Crippen LogP contribution in [-0.2, 0) is 10.0 Å². The zero-order valence-electron chi connectivity index (χ0n) is 22.7. The second kappa shape index (κ2) is 11.7. The maximum absolute atomic E-state index is 13.6. The van der Waals surface area contributed by atoms with Gasteiger partial charge in [0.05, 0.1) is 39.3 Å². The van der Waals surface area contributed by atoms with Gasteiger partial charge in [0.1, 0.15) is 0 Å². The quantitative estimate of drug-likeness (QED) is 0.258. The summed E-state index contributed by atoms with van der Waals surface area (Å²) in [7, 11) is -3.43. The molecular weight excluding hydrogens is 582 g/mol. The number of halogens is 1. The number of pyridine rings is 2. The highest BCUT2D eigenvalue weighted by atomic mass is 35.5. The minimum atomic E-state index is -3.43. The summed E-state index contributed by atoms with van der Waals surface area (Å²) in [6, 6.07) is 6.53. The predicted molar refractivity (Wildman–Crippen MR) is 161 cm³/mol. The van der Waals surface area contributed by atoms with Gasteiger partial charge in [-0.1, -0.05) is 24.9 Å². The van der Waals surface area contributed by atoms with Gasteiger partial charge in [-0.2, -0.15) is 5.10 Å². The molecule has 10 nitrogen and oxygen atoms in total. The number of rotatable bonds is 10. The predicted octanol–water partition coefficient (Wildman–Crippen LogP) is 5.00. The zero-order valence-corrected chi connectivity index (χ0v) is 25.1. The van der Waals surface area contributed by atoms with Gasteiger partial charge < -0.3 is 10.2 Å². The minimum absolute atomic E-state index is 0.0148. The molecule has 4 aromatic heterocycles. The number of hydrogen-bond acceptors (Lipinski definition) is 8. The summed E-state index contributed by atoms with van der Waals surface area (Å²) in [6.45, 7) is 4.94. The number of aromatic nitrogens is 4. The summed E-state index contributed by atoms with van der Waals surface area (Å²) in [5.74, 6) is -0.293. The molecule has 216 valence electrons. The molecular formula is C28H32ClN7O3S2. The van der Waals surface area contributed by atoms with E-state index in [2.05, 4.69) is 36.9 Å². The van der Waals surface area contributed by atoms with Crippen LogP contribution in [0.2, 0.25) is 5.02 Å². The Morgan fingerprint density at radius 1 is 1.15 bits per heavy atom. The van der Waals surface area contributed by atoms with Crippen LogP contribution in [0.4, 0.5) is 5.69 Å². The number of thiazole rings is 1. The Hall–Kier alpha value is -3.06. The molecule has 41 heavy (non-hydrogen) atoms. The second-order valence-corrected chi connectivity index (χ2v) is 14.3. The van der Waals surface area contributed by atoms with Crippen LogP contribution in [0.5, 0.6) is 0 Å². The number of carbonyl (C=O) groups excluding carboxylic acids is 1. The number of amides is 1. The van der Waals surface area contributed by atoms with Crippen LogP contribution < -0.4 is 10.0 Å². The first-order valence-corrected chi connectivity index (χ1v) is 16.6. The van der Waals surface area contributed by atoms with Crippen LogP contribution in [0, 0.1) is 5.92 Å². The van der Waals surface area contributed by atoms with Gasteiger partial charge in [0, 0.05) is 35.7 Å². The third-order valence-corrected chi connectivity index (χ3v) is 10.8. The average Bonchev–Trinajstić information content (AvgIpc) is 3.58. The number of piperidine rings is 1. The van der Waals surface area contributed by atoms with Crippen molar-refractivity contribution in [1.29, 1.82) is 0 Å². The number of nitrogens with zero attached hydrogens (tertiary/aromatic N) is 5. The Morgan fingerprint density at radius 3 is 2.73 bits per heavy atom. The van der Waals surface area contributed by atoms with E-state index in [1.54, 1.807) is 47.5 Å². The molecule has 2 fully saturated rings. The molecule has 6 rings (SSSR count). The molecule has 0 bridgehead atoms. The Labute approximate surface area is 248 Å². The molecule has 0 radical (unpaired) electrons. The summed E-state index contributed by atoms with van der Waals surface area (Å²) < 4.78 is 29.6. The van der Waals surface area contributed by atoms with E-state index in [1.165, 1.54) is 17.8 Å². The smallest absolute Gasteiger partial charge is 0.280 e. The van der Waals surface area contributed by atoms with E-state index >= 15 is 0 Å². The summed E-state index contributed by atoms with van der Waals surface area (Å²) in [6.07, 6.45) is 11.7. The van der Waals surface area contributed by atoms with E-state index in [4.69, 9.17) is 11.6 Å². The van der Waals surface area contributed by atoms with Crippen LogP contribution in [0.25, 0.3) is 16.0 Å². The molecule has 1 saturated heterocycles. The van der Waals surface area contributed by atoms with Crippen molar-refractivity contribution in [2.24, 2.45) is 5.92 Å². The molecule has 4 aromatic rings. The van der Waals surface area contributed by atoms with Crippen LogP contribution in [-0.4, -0.2) is 63.7 Å². The fourth-order valence-corrected chi connectivity index (χ4v) is 7.70. The summed E-state index contributed by atoms with van der Waals surface area (Å²) in [4.78, 5) is 25.8. The highest BCUT2D eigenvalue weighted by Crippen LogP contribution is 2.33. The van der Waals surface area contributed by atoms with Crippen molar-refractivity contribution < 1.29 is 13.2 Å². The third kappa shape index (κ3) is 6.40. The van der Waals surface area contributed by atoms with Gasteiger partial charge in [-0.3, -0.25) is 14.5 Å². The van der Waals surface area contributed by atoms with E-state index < -0.39 is 16.1 Å². The molecule has 1 aliphatic heterocycles. The first kappa shape index (κ1) is 28.1. The molecule has 2 atom stereocenters. The van der Waals surface area contributed by atoms with Crippen LogP contribution >= 0.6 is 22.9 Å². The highest BCUT2D eigenvalue weighted by molar-refractivity contribution is 7.93. The maximum atomic E-state index is 13.6. The number of carbonyl (C=O) groups is 1. The lowest BCUT2D eigenvalue weighted by atomic mass is 9.96. The molecule has 0 aromatic carbocycles. The van der Waals surface area contributed by atoms with Gasteiger partial charge in [0.15, 0.2) is 5.01 Å². The fraction of sp³-hybridized carbons (Fsp3) is 0.429. The fourth-order valence-electron chi connectivity index (χ4n) is 5.32. The van der Waals surface area contributed by atoms with E-state index in [0.717, 1.165) is 48.4 Å². The number of fused-ring (bicyclic) bond motifs is 1. The maximum Gasteiger partial charge on any atom is 0.280 e. The summed E-state index contributed by atoms with van der Waals surface area (Å²) in [5.41, 5.74) is 2.73. The van der Waals surface area contributed by atoms with E-state index in [-0.39, 0.29) is 17.1 Å². The van der Waals surface area contributed by atoms with Gasteiger partial charge >= 0.3 is 0 Å². The topological polar surface area (TPSA) is 122 Å². The molecule has 1 saturated carbocycles. The molecule has 2 aliphatic rings. The lowest BCUT2D eigenvalue weighted by Crippen LogP contribution is -2.40. The van der Waals surface area contributed by atoms with Gasteiger partial charge in [0.25, 0.3) is 5.91 Å². The standard InChI is InChI=1S/C28H32ClN7O3S2/c1-18(17-35-10-3-2-4-11-35)26(23-14-20(7-9-30-23)34-41(38,39)21-5-6-21)33-27(37)28-31-16-25(40-28)22-15-32-36-12-8-19(29)13-24(22)36/h7-9,12-16,18,21,26H,2-6,10-11,17H2,1H3,(H,30,34)(H,33,37)/t18-,26-/m1/s1. The summed E-state index contributed by atoms with van der Waals surface area (Å²) in [5, 5.41) is 8.13. The lowest BCUT2D eigenvalue weighted by molar-refractivity contribution is 0.0908. The third-order valence-electron chi connectivity index (χ3n) is 7.62. The monoisotopic (exact) mass is 613 g/mol. The van der Waals surface area contributed by atoms with Crippen molar-refractivity contribution >= 4 is 50.1 Å².